The van der Waals surface area contributed by atoms with Crippen LogP contribution in [0.2, 0.25) is 0 Å². The Morgan fingerprint density at radius 2 is 1.27 bits per heavy atom. The van der Waals surface area contributed by atoms with Crippen molar-refractivity contribution in [2.75, 3.05) is 5.32 Å². The summed E-state index contributed by atoms with van der Waals surface area (Å²) in [6.45, 7) is 11.8. The lowest BCUT2D eigenvalue weighted by Gasteiger charge is -2.17. The second kappa shape index (κ2) is 14.1. The van der Waals surface area contributed by atoms with Gasteiger partial charge in [0.1, 0.15) is 0 Å². The van der Waals surface area contributed by atoms with Crippen LogP contribution >= 0.6 is 0 Å². The average molecular weight is 359 g/mol. The van der Waals surface area contributed by atoms with Gasteiger partial charge in [-0.2, -0.15) is 0 Å². The van der Waals surface area contributed by atoms with Gasteiger partial charge in [0.15, 0.2) is 0 Å². The van der Waals surface area contributed by atoms with Crippen molar-refractivity contribution in [3.8, 4) is 0 Å². The van der Waals surface area contributed by atoms with Gasteiger partial charge in [-0.15, -0.1) is 0 Å². The summed E-state index contributed by atoms with van der Waals surface area (Å²) in [7, 11) is 0. The van der Waals surface area contributed by atoms with Gasteiger partial charge >= 0.3 is 0 Å². The average Bonchev–Trinajstić information content (AvgIpc) is 2.62. The molecule has 0 aliphatic carbocycles. The molecule has 0 saturated heterocycles. The van der Waals surface area contributed by atoms with E-state index in [1.165, 1.54) is 75.9 Å². The topological polar surface area (TPSA) is 12.0 Å². The molecule has 0 bridgehead atoms. The van der Waals surface area contributed by atoms with Gasteiger partial charge < -0.3 is 5.32 Å². The summed E-state index contributed by atoms with van der Waals surface area (Å²) in [5.41, 5.74) is 1.21. The third-order valence-electron chi connectivity index (χ3n) is 5.86. The molecule has 1 N–H and O–H groups in total. The van der Waals surface area contributed by atoms with Crippen LogP contribution in [0, 0.1) is 23.8 Å². The van der Waals surface area contributed by atoms with Gasteiger partial charge in [-0.05, 0) is 43.2 Å². The van der Waals surface area contributed by atoms with Crippen molar-refractivity contribution < 1.29 is 0 Å². The smallest absolute Gasteiger partial charge is 0.0572 e. The largest absolute Gasteiger partial charge is 0.378 e. The number of nitrogens with one attached hydrogen (secondary N) is 1. The lowest BCUT2D eigenvalue weighted by atomic mass is 9.91. The second-order valence-corrected chi connectivity index (χ2v) is 8.75. The highest BCUT2D eigenvalue weighted by Crippen LogP contribution is 2.23. The van der Waals surface area contributed by atoms with Crippen LogP contribution in [-0.4, -0.2) is 0 Å². The third-order valence-corrected chi connectivity index (χ3v) is 5.86. The van der Waals surface area contributed by atoms with Crippen LogP contribution in [0.25, 0.3) is 0 Å². The molecule has 1 nitrogen and oxygen atoms in total. The van der Waals surface area contributed by atoms with Crippen LogP contribution in [0.1, 0.15) is 98.8 Å². The highest BCUT2D eigenvalue weighted by molar-refractivity contribution is 5.45. The van der Waals surface area contributed by atoms with E-state index < -0.39 is 0 Å². The molecule has 0 saturated carbocycles. The Bertz CT molecular complexity index is 427. The molecule has 1 heteroatoms. The highest BCUT2D eigenvalue weighted by atomic mass is 14.9. The summed E-state index contributed by atoms with van der Waals surface area (Å²) in [6.07, 6.45) is 13.7. The van der Waals surface area contributed by atoms with E-state index >= 15 is 0 Å². The molecule has 1 radical (unpaired) electrons. The van der Waals surface area contributed by atoms with Crippen molar-refractivity contribution >= 4 is 5.69 Å². The first-order chi connectivity index (χ1) is 12.5. The van der Waals surface area contributed by atoms with E-state index in [1.54, 1.807) is 0 Å². The number of rotatable bonds is 15. The van der Waals surface area contributed by atoms with Gasteiger partial charge in [0, 0.05) is 5.69 Å². The Hall–Kier alpha value is -0.980. The first kappa shape index (κ1) is 23.1. The summed E-state index contributed by atoms with van der Waals surface area (Å²) >= 11 is 0. The Morgan fingerprint density at radius 1 is 0.769 bits per heavy atom. The predicted octanol–water partition coefficient (Wildman–Crippen LogP) is 8.48. The van der Waals surface area contributed by atoms with Crippen LogP contribution in [0.5, 0.6) is 0 Å². The number of anilines is 1. The van der Waals surface area contributed by atoms with Crippen molar-refractivity contribution in [3.63, 3.8) is 0 Å². The maximum atomic E-state index is 3.52. The zero-order valence-electron chi connectivity index (χ0n) is 18.2. The molecule has 1 aromatic carbocycles. The minimum Gasteiger partial charge on any atom is -0.378 e. The van der Waals surface area contributed by atoms with E-state index in [-0.39, 0.29) is 0 Å². The molecule has 0 heterocycles. The molecule has 0 aromatic heterocycles. The van der Waals surface area contributed by atoms with E-state index in [0.29, 0.717) is 0 Å². The van der Waals surface area contributed by atoms with Gasteiger partial charge in [0.25, 0.3) is 0 Å². The van der Waals surface area contributed by atoms with Crippen LogP contribution in [-0.2, 0) is 0 Å². The fraction of sp³-hybridized carbons (Fsp3) is 0.720. The Balaban J connectivity index is 2.01. The van der Waals surface area contributed by atoms with E-state index in [0.717, 1.165) is 17.8 Å². The lowest BCUT2D eigenvalue weighted by Crippen LogP contribution is -2.07. The maximum Gasteiger partial charge on any atom is 0.0572 e. The van der Waals surface area contributed by atoms with Crippen LogP contribution in [0.15, 0.2) is 30.3 Å². The molecule has 3 atom stereocenters. The van der Waals surface area contributed by atoms with Crippen LogP contribution in [0.3, 0.4) is 0 Å². The van der Waals surface area contributed by atoms with Crippen molar-refractivity contribution in [2.24, 2.45) is 17.8 Å². The monoisotopic (exact) mass is 358 g/mol. The predicted molar refractivity (Wildman–Crippen MR) is 118 cm³/mol. The van der Waals surface area contributed by atoms with E-state index in [4.69, 9.17) is 0 Å². The SMILES string of the molecule is CCC(C)CCCC(C)CCCC(C)CCC[C](C)Nc1ccccc1. The molecule has 0 amide bonds. The van der Waals surface area contributed by atoms with Crippen molar-refractivity contribution in [3.05, 3.63) is 36.4 Å². The summed E-state index contributed by atoms with van der Waals surface area (Å²) in [5.74, 6) is 2.70. The normalized spacial score (nSPS) is 15.0. The number of benzene rings is 1. The standard InChI is InChI=1S/C25H44N/c1-6-21(2)13-10-14-22(3)15-11-16-23(4)17-12-18-24(5)26-25-19-8-7-9-20-25/h7-9,19-23,26H,6,10-18H2,1-5H3. The van der Waals surface area contributed by atoms with Crippen molar-refractivity contribution in [2.45, 2.75) is 98.8 Å². The number of para-hydroxylation sites is 1. The quantitative estimate of drug-likeness (QED) is 0.331. The molecule has 0 fully saturated rings. The minimum atomic E-state index is 0.867. The molecule has 1 aromatic rings. The van der Waals surface area contributed by atoms with Gasteiger partial charge in [-0.1, -0.05) is 104 Å². The summed E-state index contributed by atoms with van der Waals surface area (Å²) in [4.78, 5) is 0. The van der Waals surface area contributed by atoms with Crippen molar-refractivity contribution in [1.29, 1.82) is 0 Å². The fourth-order valence-corrected chi connectivity index (χ4v) is 3.67. The molecule has 1 rings (SSSR count). The first-order valence-electron chi connectivity index (χ1n) is 11.2. The lowest BCUT2D eigenvalue weighted by molar-refractivity contribution is 0.382. The fourth-order valence-electron chi connectivity index (χ4n) is 3.67. The first-order valence-corrected chi connectivity index (χ1v) is 11.2. The Kier molecular flexibility index (Phi) is 12.5. The van der Waals surface area contributed by atoms with Crippen LogP contribution in [0.4, 0.5) is 5.69 Å². The van der Waals surface area contributed by atoms with Gasteiger partial charge in [0.05, 0.1) is 6.04 Å². The molecule has 0 aliphatic heterocycles. The number of hydrogen-bond acceptors (Lipinski definition) is 1. The van der Waals surface area contributed by atoms with E-state index in [1.807, 2.05) is 0 Å². The highest BCUT2D eigenvalue weighted by Gasteiger charge is 2.08. The Labute approximate surface area is 164 Å². The molecule has 26 heavy (non-hydrogen) atoms. The van der Waals surface area contributed by atoms with Crippen molar-refractivity contribution in [1.82, 2.24) is 0 Å². The summed E-state index contributed by atoms with van der Waals surface area (Å²) < 4.78 is 0. The third kappa shape index (κ3) is 11.6. The van der Waals surface area contributed by atoms with Gasteiger partial charge in [-0.3, -0.25) is 0 Å². The minimum absolute atomic E-state index is 0.867. The maximum absolute atomic E-state index is 3.52. The summed E-state index contributed by atoms with van der Waals surface area (Å²) in [6, 6.07) is 11.9. The summed E-state index contributed by atoms with van der Waals surface area (Å²) in [5, 5.41) is 3.52. The molecule has 3 unspecified atom stereocenters. The van der Waals surface area contributed by atoms with Gasteiger partial charge in [0.2, 0.25) is 0 Å². The Morgan fingerprint density at radius 3 is 1.81 bits per heavy atom. The number of hydrogen-bond donors (Lipinski definition) is 1. The molecule has 149 valence electrons. The molecular formula is C25H44N. The zero-order chi connectivity index (χ0) is 19.2. The molecule has 0 spiro atoms. The molecule has 0 aliphatic rings. The second-order valence-electron chi connectivity index (χ2n) is 8.75. The zero-order valence-corrected chi connectivity index (χ0v) is 18.2. The van der Waals surface area contributed by atoms with Gasteiger partial charge in [-0.25, -0.2) is 0 Å². The van der Waals surface area contributed by atoms with Crippen LogP contribution < -0.4 is 5.32 Å². The van der Waals surface area contributed by atoms with E-state index in [2.05, 4.69) is 70.3 Å². The molecular weight excluding hydrogens is 314 g/mol. The van der Waals surface area contributed by atoms with E-state index in [9.17, 15) is 0 Å².